The van der Waals surface area contributed by atoms with Crippen LogP contribution in [0.3, 0.4) is 0 Å². The second kappa shape index (κ2) is 8.28. The minimum absolute atomic E-state index is 0.124. The molecule has 0 radical (unpaired) electrons. The number of alkyl halides is 3. The van der Waals surface area contributed by atoms with Crippen molar-refractivity contribution in [3.05, 3.63) is 70.8 Å². The van der Waals surface area contributed by atoms with Crippen molar-refractivity contribution in [2.24, 2.45) is 0 Å². The molecule has 0 bridgehead atoms. The molecule has 4 rings (SSSR count). The molecule has 11 heteroatoms. The van der Waals surface area contributed by atoms with Gasteiger partial charge >= 0.3 is 6.18 Å². The molecule has 1 aromatic carbocycles. The summed E-state index contributed by atoms with van der Waals surface area (Å²) < 4.78 is 45.5. The highest BCUT2D eigenvalue weighted by Crippen LogP contribution is 2.31. The first kappa shape index (κ1) is 21.8. The van der Waals surface area contributed by atoms with Crippen molar-refractivity contribution in [1.82, 2.24) is 19.7 Å². The molecule has 1 amide bonds. The number of pyridine rings is 1. The Morgan fingerprint density at radius 1 is 1.18 bits per heavy atom. The third kappa shape index (κ3) is 4.34. The minimum Gasteiger partial charge on any atom is -0.480 e. The summed E-state index contributed by atoms with van der Waals surface area (Å²) >= 11 is 0. The number of carbonyl (C=O) groups excluding carboxylic acids is 1. The molecule has 0 saturated carbocycles. The molecule has 33 heavy (non-hydrogen) atoms. The number of nitriles is 2. The monoisotopic (exact) mass is 452 g/mol. The van der Waals surface area contributed by atoms with E-state index in [0.717, 1.165) is 12.5 Å². The van der Waals surface area contributed by atoms with Crippen molar-refractivity contribution < 1.29 is 22.7 Å². The predicted octanol–water partition coefficient (Wildman–Crippen LogP) is 3.50. The number of benzene rings is 1. The molecule has 0 spiro atoms. The maximum atomic E-state index is 13.1. The third-order valence-electron chi connectivity index (χ3n) is 5.09. The zero-order valence-corrected chi connectivity index (χ0v) is 17.2. The van der Waals surface area contributed by atoms with Gasteiger partial charge in [0.1, 0.15) is 17.5 Å². The van der Waals surface area contributed by atoms with E-state index in [1.165, 1.54) is 29.3 Å². The fourth-order valence-electron chi connectivity index (χ4n) is 3.35. The lowest BCUT2D eigenvalue weighted by Gasteiger charge is -2.22. The van der Waals surface area contributed by atoms with Crippen LogP contribution in [0.5, 0.6) is 5.75 Å². The molecule has 0 fully saturated rings. The van der Waals surface area contributed by atoms with E-state index in [1.54, 1.807) is 23.0 Å². The second-order valence-electron chi connectivity index (χ2n) is 7.34. The van der Waals surface area contributed by atoms with Crippen LogP contribution in [0.1, 0.15) is 39.8 Å². The van der Waals surface area contributed by atoms with Crippen LogP contribution >= 0.6 is 0 Å². The first-order valence-electron chi connectivity index (χ1n) is 9.70. The molecule has 166 valence electrons. The SMILES string of the molecule is CC(Oc1ccc(C#N)cc1C(=O)N1Cc2cn(-c3ccnc(C#N)c3)nc2C1)C(F)(F)F. The number of halogens is 3. The van der Waals surface area contributed by atoms with Crippen molar-refractivity contribution in [2.75, 3.05) is 0 Å². The average molecular weight is 452 g/mol. The van der Waals surface area contributed by atoms with Crippen LogP contribution in [0.25, 0.3) is 5.69 Å². The lowest BCUT2D eigenvalue weighted by Crippen LogP contribution is -2.32. The molecular weight excluding hydrogens is 437 g/mol. The number of aromatic nitrogens is 3. The quantitative estimate of drug-likeness (QED) is 0.600. The number of hydrogen-bond acceptors (Lipinski definition) is 6. The van der Waals surface area contributed by atoms with Crippen LogP contribution in [0.15, 0.2) is 42.7 Å². The van der Waals surface area contributed by atoms with Gasteiger partial charge in [-0.2, -0.15) is 28.8 Å². The Morgan fingerprint density at radius 3 is 2.64 bits per heavy atom. The highest BCUT2D eigenvalue weighted by atomic mass is 19.4. The number of fused-ring (bicyclic) bond motifs is 1. The second-order valence-corrected chi connectivity index (χ2v) is 7.34. The van der Waals surface area contributed by atoms with Gasteiger partial charge in [0, 0.05) is 30.6 Å². The normalized spacial score (nSPS) is 13.7. The Kier molecular flexibility index (Phi) is 5.48. The number of hydrogen-bond donors (Lipinski definition) is 0. The molecule has 8 nitrogen and oxygen atoms in total. The van der Waals surface area contributed by atoms with Gasteiger partial charge in [-0.3, -0.25) is 4.79 Å². The van der Waals surface area contributed by atoms with Gasteiger partial charge in [-0.05, 0) is 31.2 Å². The molecule has 3 aromatic rings. The largest absolute Gasteiger partial charge is 0.480 e. The highest BCUT2D eigenvalue weighted by molar-refractivity contribution is 5.97. The number of rotatable bonds is 4. The summed E-state index contributed by atoms with van der Waals surface area (Å²) in [7, 11) is 0. The van der Waals surface area contributed by atoms with E-state index in [-0.39, 0.29) is 35.7 Å². The minimum atomic E-state index is -4.61. The molecule has 2 aromatic heterocycles. The van der Waals surface area contributed by atoms with Gasteiger partial charge in [-0.15, -0.1) is 0 Å². The van der Waals surface area contributed by atoms with Crippen LogP contribution < -0.4 is 4.74 Å². The molecule has 0 N–H and O–H groups in total. The first-order chi connectivity index (χ1) is 15.7. The van der Waals surface area contributed by atoms with E-state index in [9.17, 15) is 18.0 Å². The van der Waals surface area contributed by atoms with Gasteiger partial charge in [0.25, 0.3) is 5.91 Å². The van der Waals surface area contributed by atoms with Crippen molar-refractivity contribution in [3.63, 3.8) is 0 Å². The van der Waals surface area contributed by atoms with E-state index in [1.807, 2.05) is 12.1 Å². The summed E-state index contributed by atoms with van der Waals surface area (Å²) in [6, 6.07) is 10.8. The van der Waals surface area contributed by atoms with Crippen LogP contribution in [0.4, 0.5) is 13.2 Å². The number of ether oxygens (including phenoxy) is 1. The Bertz CT molecular complexity index is 1300. The molecular formula is C22H15F3N6O2. The summed E-state index contributed by atoms with van der Waals surface area (Å²) in [6.45, 7) is 1.15. The number of nitrogens with zero attached hydrogens (tertiary/aromatic N) is 6. The molecule has 1 unspecified atom stereocenters. The van der Waals surface area contributed by atoms with Crippen LogP contribution in [-0.4, -0.2) is 37.9 Å². The average Bonchev–Trinajstić information content (AvgIpc) is 3.38. The van der Waals surface area contributed by atoms with E-state index in [2.05, 4.69) is 10.1 Å². The maximum Gasteiger partial charge on any atom is 0.425 e. The summed E-state index contributed by atoms with van der Waals surface area (Å²) in [5, 5.41) is 22.6. The highest BCUT2D eigenvalue weighted by Gasteiger charge is 2.39. The van der Waals surface area contributed by atoms with Gasteiger partial charge in [0.05, 0.1) is 35.1 Å². The van der Waals surface area contributed by atoms with Gasteiger partial charge in [0.2, 0.25) is 0 Å². The first-order valence-corrected chi connectivity index (χ1v) is 9.70. The summed E-state index contributed by atoms with van der Waals surface area (Å²) in [4.78, 5) is 18.5. The maximum absolute atomic E-state index is 13.1. The van der Waals surface area contributed by atoms with Crippen LogP contribution in [-0.2, 0) is 13.1 Å². The number of carbonyl (C=O) groups is 1. The molecule has 1 aliphatic heterocycles. The standard InChI is InChI=1S/C22H15F3N6O2/c1-13(22(23,24)25)33-20-3-2-14(8-26)6-18(20)21(32)30-10-15-11-31(29-19(15)12-30)17-4-5-28-16(7-17)9-27/h2-7,11,13H,10,12H2,1H3. The van der Waals surface area contributed by atoms with Crippen molar-refractivity contribution >= 4 is 5.91 Å². The van der Waals surface area contributed by atoms with E-state index in [4.69, 9.17) is 15.3 Å². The molecule has 1 atom stereocenters. The molecule has 0 aliphatic carbocycles. The fourth-order valence-corrected chi connectivity index (χ4v) is 3.35. The lowest BCUT2D eigenvalue weighted by molar-refractivity contribution is -0.189. The Balaban J connectivity index is 1.57. The fraction of sp³-hybridized carbons (Fsp3) is 0.227. The zero-order chi connectivity index (χ0) is 23.8. The molecule has 3 heterocycles. The van der Waals surface area contributed by atoms with E-state index < -0.39 is 18.2 Å². The lowest BCUT2D eigenvalue weighted by atomic mass is 10.1. The molecule has 1 aliphatic rings. The summed E-state index contributed by atoms with van der Waals surface area (Å²) in [6.07, 6.45) is -3.54. The number of amides is 1. The van der Waals surface area contributed by atoms with Gasteiger partial charge in [-0.1, -0.05) is 0 Å². The Hall–Kier alpha value is -4.38. The smallest absolute Gasteiger partial charge is 0.425 e. The summed E-state index contributed by atoms with van der Waals surface area (Å²) in [5.41, 5.74) is 2.22. The van der Waals surface area contributed by atoms with Gasteiger partial charge in [-0.25, -0.2) is 9.67 Å². The third-order valence-corrected chi connectivity index (χ3v) is 5.09. The zero-order valence-electron chi connectivity index (χ0n) is 17.2. The Labute approximate surface area is 186 Å². The Morgan fingerprint density at radius 2 is 1.97 bits per heavy atom. The topological polar surface area (TPSA) is 108 Å². The van der Waals surface area contributed by atoms with Gasteiger partial charge in [0.15, 0.2) is 6.10 Å². The molecule has 0 saturated heterocycles. The van der Waals surface area contributed by atoms with E-state index in [0.29, 0.717) is 11.4 Å². The van der Waals surface area contributed by atoms with Crippen LogP contribution in [0.2, 0.25) is 0 Å². The van der Waals surface area contributed by atoms with Crippen molar-refractivity contribution in [2.45, 2.75) is 32.3 Å². The van der Waals surface area contributed by atoms with Crippen molar-refractivity contribution in [3.8, 4) is 23.6 Å². The van der Waals surface area contributed by atoms with Crippen molar-refractivity contribution in [1.29, 1.82) is 10.5 Å². The van der Waals surface area contributed by atoms with E-state index >= 15 is 0 Å². The summed E-state index contributed by atoms with van der Waals surface area (Å²) in [5.74, 6) is -0.823. The predicted molar refractivity (Wildman–Crippen MR) is 107 cm³/mol. The van der Waals surface area contributed by atoms with Crippen LogP contribution in [0, 0.1) is 22.7 Å². The van der Waals surface area contributed by atoms with Gasteiger partial charge < -0.3 is 9.64 Å².